The van der Waals surface area contributed by atoms with Crippen molar-refractivity contribution in [2.24, 2.45) is 0 Å². The number of nitrogens with zero attached hydrogens (tertiary/aromatic N) is 1. The fourth-order valence-corrected chi connectivity index (χ4v) is 2.04. The van der Waals surface area contributed by atoms with Crippen LogP contribution in [0.1, 0.15) is 11.1 Å². The molecule has 0 aliphatic carbocycles. The van der Waals surface area contributed by atoms with Crippen molar-refractivity contribution < 1.29 is 9.47 Å². The van der Waals surface area contributed by atoms with Crippen LogP contribution in [-0.2, 0) is 6.42 Å². The first kappa shape index (κ1) is 10.3. The minimum absolute atomic E-state index is 0.373. The summed E-state index contributed by atoms with van der Waals surface area (Å²) < 4.78 is 12.0. The van der Waals surface area contributed by atoms with Crippen LogP contribution in [0.2, 0.25) is 0 Å². The smallest absolute Gasteiger partial charge is 0.165 e. The molecule has 2 rings (SSSR count). The Morgan fingerprint density at radius 2 is 2.20 bits per heavy atom. The predicted molar refractivity (Wildman–Crippen MR) is 59.2 cm³/mol. The maximum Gasteiger partial charge on any atom is 0.165 e. The summed E-state index contributed by atoms with van der Waals surface area (Å²) in [6, 6.07) is 4.00. The van der Waals surface area contributed by atoms with Gasteiger partial charge in [-0.25, -0.2) is 0 Å². The summed E-state index contributed by atoms with van der Waals surface area (Å²) in [5, 5.41) is 8.70. The Labute approximate surface area is 96.7 Å². The molecule has 1 heterocycles. The average Bonchev–Trinajstić information content (AvgIpc) is 2.26. The van der Waals surface area contributed by atoms with Gasteiger partial charge in [-0.15, -0.1) is 0 Å². The number of nitriles is 1. The van der Waals surface area contributed by atoms with Gasteiger partial charge in [0.1, 0.15) is 13.2 Å². The first-order valence-corrected chi connectivity index (χ1v) is 5.48. The number of halogens is 1. The van der Waals surface area contributed by atoms with Crippen molar-refractivity contribution in [3.05, 3.63) is 21.7 Å². The van der Waals surface area contributed by atoms with Gasteiger partial charge >= 0.3 is 0 Å². The van der Waals surface area contributed by atoms with Gasteiger partial charge in [0.15, 0.2) is 11.5 Å². The van der Waals surface area contributed by atoms with E-state index >= 15 is 0 Å². The molecule has 1 aliphatic rings. The summed E-state index contributed by atoms with van der Waals surface area (Å²) in [6.07, 6.45) is 0.373. The van der Waals surface area contributed by atoms with Crippen molar-refractivity contribution in [1.82, 2.24) is 0 Å². The maximum absolute atomic E-state index is 8.70. The molecule has 0 radical (unpaired) electrons. The lowest BCUT2D eigenvalue weighted by atomic mass is 10.1. The van der Waals surface area contributed by atoms with Crippen molar-refractivity contribution >= 4 is 15.9 Å². The van der Waals surface area contributed by atoms with Crippen LogP contribution in [0.25, 0.3) is 0 Å². The van der Waals surface area contributed by atoms with E-state index in [1.54, 1.807) is 0 Å². The molecular formula is C11H10BrNO2. The molecule has 0 spiro atoms. The fourth-order valence-electron chi connectivity index (χ4n) is 1.61. The third-order valence-corrected chi connectivity index (χ3v) is 3.44. The Kier molecular flexibility index (Phi) is 2.83. The SMILES string of the molecule is Cc1c(Br)c(CC#N)cc2c1OCCO2. The van der Waals surface area contributed by atoms with Crippen molar-refractivity contribution in [3.63, 3.8) is 0 Å². The van der Waals surface area contributed by atoms with Gasteiger partial charge in [-0.1, -0.05) is 15.9 Å². The highest BCUT2D eigenvalue weighted by Crippen LogP contribution is 2.40. The third kappa shape index (κ3) is 1.80. The second-order valence-electron chi connectivity index (χ2n) is 3.33. The Morgan fingerprint density at radius 1 is 1.47 bits per heavy atom. The third-order valence-electron chi connectivity index (χ3n) is 2.34. The van der Waals surface area contributed by atoms with Gasteiger partial charge in [0.2, 0.25) is 0 Å². The summed E-state index contributed by atoms with van der Waals surface area (Å²) in [7, 11) is 0. The Bertz CT molecular complexity index is 437. The summed E-state index contributed by atoms with van der Waals surface area (Å²) in [5.41, 5.74) is 1.94. The number of hydrogen-bond acceptors (Lipinski definition) is 3. The van der Waals surface area contributed by atoms with Crippen molar-refractivity contribution in [1.29, 1.82) is 5.26 Å². The summed E-state index contributed by atoms with van der Waals surface area (Å²) in [6.45, 7) is 3.11. The standard InChI is InChI=1S/C11H10BrNO2/c1-7-10(12)8(2-3-13)6-9-11(7)15-5-4-14-9/h6H,2,4-5H2,1H3. The van der Waals surface area contributed by atoms with E-state index in [1.165, 1.54) is 0 Å². The molecule has 0 unspecified atom stereocenters. The van der Waals surface area contributed by atoms with Crippen LogP contribution in [0.15, 0.2) is 10.5 Å². The van der Waals surface area contributed by atoms with Crippen LogP contribution in [-0.4, -0.2) is 13.2 Å². The van der Waals surface area contributed by atoms with Gasteiger partial charge in [0.05, 0.1) is 12.5 Å². The zero-order chi connectivity index (χ0) is 10.8. The highest BCUT2D eigenvalue weighted by Gasteiger charge is 2.18. The molecule has 1 aliphatic heterocycles. The number of fused-ring (bicyclic) bond motifs is 1. The molecule has 0 bridgehead atoms. The van der Waals surface area contributed by atoms with E-state index in [0.717, 1.165) is 27.1 Å². The highest BCUT2D eigenvalue weighted by molar-refractivity contribution is 9.10. The molecule has 0 aromatic heterocycles. The van der Waals surface area contributed by atoms with Crippen LogP contribution in [0.3, 0.4) is 0 Å². The molecule has 0 saturated heterocycles. The lowest BCUT2D eigenvalue weighted by molar-refractivity contribution is 0.170. The zero-order valence-electron chi connectivity index (χ0n) is 8.34. The number of hydrogen-bond donors (Lipinski definition) is 0. The van der Waals surface area contributed by atoms with Gasteiger partial charge in [0, 0.05) is 10.0 Å². The average molecular weight is 268 g/mol. The number of ether oxygens (including phenoxy) is 2. The Balaban J connectivity index is 2.53. The minimum Gasteiger partial charge on any atom is -0.486 e. The zero-order valence-corrected chi connectivity index (χ0v) is 9.93. The van der Waals surface area contributed by atoms with E-state index in [4.69, 9.17) is 14.7 Å². The van der Waals surface area contributed by atoms with Crippen molar-refractivity contribution in [2.75, 3.05) is 13.2 Å². The molecule has 0 saturated carbocycles. The van der Waals surface area contributed by atoms with E-state index < -0.39 is 0 Å². The molecule has 1 aromatic rings. The second-order valence-corrected chi connectivity index (χ2v) is 4.13. The Morgan fingerprint density at radius 3 is 2.93 bits per heavy atom. The first-order chi connectivity index (χ1) is 7.24. The molecule has 15 heavy (non-hydrogen) atoms. The molecule has 1 aromatic carbocycles. The molecular weight excluding hydrogens is 258 g/mol. The van der Waals surface area contributed by atoms with Crippen LogP contribution >= 0.6 is 15.9 Å². The van der Waals surface area contributed by atoms with Crippen LogP contribution < -0.4 is 9.47 Å². The predicted octanol–water partition coefficient (Wildman–Crippen LogP) is 2.59. The lowest BCUT2D eigenvalue weighted by Gasteiger charge is -2.22. The molecule has 4 heteroatoms. The Hall–Kier alpha value is -1.21. The quantitative estimate of drug-likeness (QED) is 0.786. The molecule has 0 fully saturated rings. The monoisotopic (exact) mass is 267 g/mol. The molecule has 78 valence electrons. The molecule has 3 nitrogen and oxygen atoms in total. The summed E-state index contributed by atoms with van der Waals surface area (Å²) >= 11 is 3.47. The van der Waals surface area contributed by atoms with E-state index in [9.17, 15) is 0 Å². The van der Waals surface area contributed by atoms with Gasteiger partial charge in [-0.05, 0) is 18.6 Å². The van der Waals surface area contributed by atoms with Crippen LogP contribution in [0.5, 0.6) is 11.5 Å². The second kappa shape index (κ2) is 4.11. The van der Waals surface area contributed by atoms with Gasteiger partial charge in [0.25, 0.3) is 0 Å². The van der Waals surface area contributed by atoms with Crippen LogP contribution in [0, 0.1) is 18.3 Å². The fraction of sp³-hybridized carbons (Fsp3) is 0.364. The van der Waals surface area contributed by atoms with E-state index in [0.29, 0.717) is 19.6 Å². The van der Waals surface area contributed by atoms with Gasteiger partial charge < -0.3 is 9.47 Å². The molecule has 0 atom stereocenters. The largest absolute Gasteiger partial charge is 0.486 e. The van der Waals surface area contributed by atoms with Crippen molar-refractivity contribution in [3.8, 4) is 17.6 Å². The van der Waals surface area contributed by atoms with Crippen LogP contribution in [0.4, 0.5) is 0 Å². The van der Waals surface area contributed by atoms with Gasteiger partial charge in [-0.3, -0.25) is 0 Å². The highest BCUT2D eigenvalue weighted by atomic mass is 79.9. The minimum atomic E-state index is 0.373. The van der Waals surface area contributed by atoms with E-state index in [1.807, 2.05) is 13.0 Å². The summed E-state index contributed by atoms with van der Waals surface area (Å²) in [4.78, 5) is 0. The maximum atomic E-state index is 8.70. The van der Waals surface area contributed by atoms with Crippen molar-refractivity contribution in [2.45, 2.75) is 13.3 Å². The summed E-state index contributed by atoms with van der Waals surface area (Å²) in [5.74, 6) is 1.53. The van der Waals surface area contributed by atoms with E-state index in [2.05, 4.69) is 22.0 Å². The topological polar surface area (TPSA) is 42.2 Å². The lowest BCUT2D eigenvalue weighted by Crippen LogP contribution is -2.16. The number of benzene rings is 1. The molecule has 0 amide bonds. The van der Waals surface area contributed by atoms with E-state index in [-0.39, 0.29) is 0 Å². The normalized spacial score (nSPS) is 13.4. The van der Waals surface area contributed by atoms with Gasteiger partial charge in [-0.2, -0.15) is 5.26 Å². The number of rotatable bonds is 1. The first-order valence-electron chi connectivity index (χ1n) is 4.68. The molecule has 0 N–H and O–H groups in total.